The molecular weight excluding hydrogens is 216 g/mol. The third-order valence-electron chi connectivity index (χ3n) is 3.95. The highest BCUT2D eigenvalue weighted by Gasteiger charge is 2.65. The molecule has 1 heterocycles. The second kappa shape index (κ2) is 3.95. The van der Waals surface area contributed by atoms with Gasteiger partial charge in [0.1, 0.15) is 5.41 Å². The molecule has 1 aliphatic heterocycles. The Morgan fingerprint density at radius 2 is 2.19 bits per heavy atom. The number of carbonyl (C=O) groups excluding carboxylic acids is 1. The van der Waals surface area contributed by atoms with Crippen LogP contribution in [0.1, 0.15) is 25.7 Å². The molecule has 3 nitrogen and oxygen atoms in total. The molecule has 0 aromatic rings. The Kier molecular flexibility index (Phi) is 2.90. The van der Waals surface area contributed by atoms with Crippen LogP contribution >= 0.6 is 0 Å². The quantitative estimate of drug-likeness (QED) is 0.699. The lowest BCUT2D eigenvalue weighted by Crippen LogP contribution is -2.62. The van der Waals surface area contributed by atoms with Crippen molar-refractivity contribution in [1.29, 1.82) is 0 Å². The van der Waals surface area contributed by atoms with Gasteiger partial charge in [-0.3, -0.25) is 4.79 Å². The number of esters is 1. The van der Waals surface area contributed by atoms with Crippen LogP contribution in [-0.2, 0) is 9.53 Å². The minimum Gasteiger partial charge on any atom is -0.468 e. The van der Waals surface area contributed by atoms with Gasteiger partial charge in [0.2, 0.25) is 0 Å². The summed E-state index contributed by atoms with van der Waals surface area (Å²) in [6, 6.07) is 0. The molecule has 1 saturated heterocycles. The van der Waals surface area contributed by atoms with E-state index >= 15 is 0 Å². The zero-order valence-electron chi connectivity index (χ0n) is 9.39. The van der Waals surface area contributed by atoms with Gasteiger partial charge in [0.05, 0.1) is 7.11 Å². The number of hydrogen-bond acceptors (Lipinski definition) is 3. The van der Waals surface area contributed by atoms with Crippen LogP contribution in [0.15, 0.2) is 0 Å². The fourth-order valence-electron chi connectivity index (χ4n) is 2.96. The average molecular weight is 233 g/mol. The largest absolute Gasteiger partial charge is 0.468 e. The fraction of sp³-hybridized carbons (Fsp3) is 0.909. The molecule has 0 aromatic carbocycles. The van der Waals surface area contributed by atoms with Gasteiger partial charge >= 0.3 is 5.97 Å². The van der Waals surface area contributed by atoms with Gasteiger partial charge in [-0.15, -0.1) is 0 Å². The molecule has 2 aliphatic rings. The molecule has 2 unspecified atom stereocenters. The summed E-state index contributed by atoms with van der Waals surface area (Å²) in [5, 5.41) is 2.96. The number of methoxy groups -OCH3 is 1. The molecule has 1 saturated carbocycles. The third-order valence-corrected chi connectivity index (χ3v) is 3.95. The van der Waals surface area contributed by atoms with Gasteiger partial charge in [0.15, 0.2) is 0 Å². The standard InChI is InChI=1S/C11H17F2NO2/c1-16-9(15)10-5-3-2-4-8(6-14-7-10)11(10,12)13/h8,14H,2-7H2,1H3. The molecule has 2 atom stereocenters. The average Bonchev–Trinajstić information content (AvgIpc) is 2.37. The van der Waals surface area contributed by atoms with Gasteiger partial charge in [-0.25, -0.2) is 8.78 Å². The number of alkyl halides is 2. The molecule has 2 fully saturated rings. The highest BCUT2D eigenvalue weighted by atomic mass is 19.3. The van der Waals surface area contributed by atoms with E-state index in [1.165, 1.54) is 7.11 Å². The highest BCUT2D eigenvalue weighted by Crippen LogP contribution is 2.51. The summed E-state index contributed by atoms with van der Waals surface area (Å²) in [6.45, 7) is 0.328. The molecule has 5 heteroatoms. The molecule has 2 rings (SSSR count). The maximum Gasteiger partial charge on any atom is 0.319 e. The first-order chi connectivity index (χ1) is 7.54. The lowest BCUT2D eigenvalue weighted by atomic mass is 9.71. The summed E-state index contributed by atoms with van der Waals surface area (Å²) in [5.74, 6) is -4.44. The van der Waals surface area contributed by atoms with Crippen LogP contribution in [0.25, 0.3) is 0 Å². The van der Waals surface area contributed by atoms with Gasteiger partial charge in [0, 0.05) is 19.0 Å². The van der Waals surface area contributed by atoms with Crippen LogP contribution < -0.4 is 5.32 Å². The Morgan fingerprint density at radius 1 is 1.44 bits per heavy atom. The van der Waals surface area contributed by atoms with Crippen molar-refractivity contribution in [2.24, 2.45) is 11.3 Å². The molecule has 0 amide bonds. The van der Waals surface area contributed by atoms with Crippen molar-refractivity contribution < 1.29 is 18.3 Å². The van der Waals surface area contributed by atoms with Crippen molar-refractivity contribution in [2.75, 3.05) is 20.2 Å². The minimum absolute atomic E-state index is 0.0309. The molecule has 2 bridgehead atoms. The summed E-state index contributed by atoms with van der Waals surface area (Å²) in [4.78, 5) is 11.7. The van der Waals surface area contributed by atoms with E-state index < -0.39 is 23.2 Å². The first kappa shape index (κ1) is 11.8. The Labute approximate surface area is 93.5 Å². The summed E-state index contributed by atoms with van der Waals surface area (Å²) in [7, 11) is 1.18. The molecule has 0 spiro atoms. The topological polar surface area (TPSA) is 38.3 Å². The van der Waals surface area contributed by atoms with E-state index in [1.807, 2.05) is 0 Å². The zero-order chi connectivity index (χ0) is 11.8. The number of carbonyl (C=O) groups is 1. The van der Waals surface area contributed by atoms with Crippen LogP contribution in [0.3, 0.4) is 0 Å². The molecular formula is C11H17F2NO2. The number of fused-ring (bicyclic) bond motifs is 2. The highest BCUT2D eigenvalue weighted by molar-refractivity contribution is 5.78. The summed E-state index contributed by atoms with van der Waals surface area (Å²) < 4.78 is 33.2. The van der Waals surface area contributed by atoms with E-state index in [9.17, 15) is 13.6 Å². The molecule has 92 valence electrons. The van der Waals surface area contributed by atoms with Crippen molar-refractivity contribution >= 4 is 5.97 Å². The molecule has 1 N–H and O–H groups in total. The summed E-state index contributed by atoms with van der Waals surface area (Å²) in [6.07, 6.45) is 2.14. The van der Waals surface area contributed by atoms with Crippen LogP contribution in [0.2, 0.25) is 0 Å². The van der Waals surface area contributed by atoms with Crippen LogP contribution in [0.4, 0.5) is 8.78 Å². The van der Waals surface area contributed by atoms with Crippen molar-refractivity contribution in [3.8, 4) is 0 Å². The Hall–Kier alpha value is -0.710. The first-order valence-corrected chi connectivity index (χ1v) is 5.71. The minimum atomic E-state index is -2.94. The van der Waals surface area contributed by atoms with E-state index in [-0.39, 0.29) is 13.0 Å². The molecule has 16 heavy (non-hydrogen) atoms. The van der Waals surface area contributed by atoms with Crippen molar-refractivity contribution in [2.45, 2.75) is 31.6 Å². The molecule has 1 aliphatic carbocycles. The number of piperidine rings is 1. The Morgan fingerprint density at radius 3 is 2.88 bits per heavy atom. The predicted octanol–water partition coefficient (Wildman–Crippen LogP) is 1.57. The van der Waals surface area contributed by atoms with E-state index in [2.05, 4.69) is 10.1 Å². The van der Waals surface area contributed by atoms with E-state index in [1.54, 1.807) is 0 Å². The Balaban J connectivity index is 2.40. The van der Waals surface area contributed by atoms with Crippen molar-refractivity contribution in [3.05, 3.63) is 0 Å². The number of rotatable bonds is 1. The number of hydrogen-bond donors (Lipinski definition) is 1. The van der Waals surface area contributed by atoms with Gasteiger partial charge in [-0.2, -0.15) is 0 Å². The smallest absolute Gasteiger partial charge is 0.319 e. The SMILES string of the molecule is COC(=O)C12CCCCC(CNC1)C2(F)F. The van der Waals surface area contributed by atoms with E-state index in [0.717, 1.165) is 6.42 Å². The van der Waals surface area contributed by atoms with Crippen molar-refractivity contribution in [3.63, 3.8) is 0 Å². The Bertz CT molecular complexity index is 296. The predicted molar refractivity (Wildman–Crippen MR) is 54.2 cm³/mol. The molecule has 0 radical (unpaired) electrons. The lowest BCUT2D eigenvalue weighted by Gasteiger charge is -2.44. The first-order valence-electron chi connectivity index (χ1n) is 5.71. The fourth-order valence-corrected chi connectivity index (χ4v) is 2.96. The van der Waals surface area contributed by atoms with Crippen molar-refractivity contribution in [1.82, 2.24) is 5.32 Å². The van der Waals surface area contributed by atoms with Gasteiger partial charge in [0.25, 0.3) is 5.92 Å². The second-order valence-electron chi connectivity index (χ2n) is 4.77. The maximum absolute atomic E-state index is 14.3. The van der Waals surface area contributed by atoms with Crippen LogP contribution in [0, 0.1) is 11.3 Å². The maximum atomic E-state index is 14.3. The second-order valence-corrected chi connectivity index (χ2v) is 4.77. The summed E-state index contributed by atoms with van der Waals surface area (Å²) in [5.41, 5.74) is -1.64. The normalized spacial score (nSPS) is 37.6. The molecule has 0 aromatic heterocycles. The summed E-state index contributed by atoms with van der Waals surface area (Å²) >= 11 is 0. The number of halogens is 2. The van der Waals surface area contributed by atoms with Gasteiger partial charge in [-0.05, 0) is 12.8 Å². The lowest BCUT2D eigenvalue weighted by molar-refractivity contribution is -0.204. The van der Waals surface area contributed by atoms with Gasteiger partial charge < -0.3 is 10.1 Å². The third kappa shape index (κ3) is 1.44. The van der Waals surface area contributed by atoms with E-state index in [0.29, 0.717) is 19.4 Å². The van der Waals surface area contributed by atoms with Crippen LogP contribution in [-0.4, -0.2) is 32.1 Å². The monoisotopic (exact) mass is 233 g/mol. The van der Waals surface area contributed by atoms with E-state index in [4.69, 9.17) is 0 Å². The van der Waals surface area contributed by atoms with Crippen LogP contribution in [0.5, 0.6) is 0 Å². The van der Waals surface area contributed by atoms with Gasteiger partial charge in [-0.1, -0.05) is 12.8 Å². The number of ether oxygens (including phenoxy) is 1. The zero-order valence-corrected chi connectivity index (χ0v) is 9.39. The number of nitrogens with one attached hydrogen (secondary N) is 1.